The highest BCUT2D eigenvalue weighted by atomic mass is 19.4. The van der Waals surface area contributed by atoms with E-state index in [1.165, 1.54) is 6.21 Å². The summed E-state index contributed by atoms with van der Waals surface area (Å²) in [6.07, 6.45) is -2.44. The number of nitrogens with zero attached hydrogens (tertiary/aromatic N) is 2. The van der Waals surface area contributed by atoms with Crippen LogP contribution in [-0.4, -0.2) is 23.8 Å². The average Bonchev–Trinajstić information content (AvgIpc) is 2.53. The fourth-order valence-corrected chi connectivity index (χ4v) is 1.65. The fourth-order valence-electron chi connectivity index (χ4n) is 1.65. The highest BCUT2D eigenvalue weighted by Gasteiger charge is 2.30. The van der Waals surface area contributed by atoms with Crippen molar-refractivity contribution in [2.75, 3.05) is 12.0 Å². The minimum absolute atomic E-state index is 0.118. The SMILES string of the molecule is O=C([O-])COc1ccccc1/C=N\Nc1ccc(C(F)(F)F)cn1. The lowest BCUT2D eigenvalue weighted by molar-refractivity contribution is -0.307. The lowest BCUT2D eigenvalue weighted by atomic mass is 10.2. The van der Waals surface area contributed by atoms with E-state index in [4.69, 9.17) is 4.74 Å². The maximum Gasteiger partial charge on any atom is 0.417 e. The molecule has 0 bridgehead atoms. The first-order chi connectivity index (χ1) is 11.4. The van der Waals surface area contributed by atoms with Gasteiger partial charge in [0.2, 0.25) is 0 Å². The average molecular weight is 338 g/mol. The van der Waals surface area contributed by atoms with Crippen LogP contribution in [0.4, 0.5) is 19.0 Å². The van der Waals surface area contributed by atoms with Crippen LogP contribution >= 0.6 is 0 Å². The molecule has 1 N–H and O–H groups in total. The Balaban J connectivity index is 2.03. The molecule has 0 fully saturated rings. The molecule has 1 heterocycles. The number of pyridine rings is 1. The van der Waals surface area contributed by atoms with E-state index in [0.717, 1.165) is 12.1 Å². The summed E-state index contributed by atoms with van der Waals surface area (Å²) in [5.41, 5.74) is 2.08. The normalized spacial score (nSPS) is 11.5. The second-order valence-corrected chi connectivity index (χ2v) is 4.50. The Bertz CT molecular complexity index is 731. The molecule has 24 heavy (non-hydrogen) atoms. The molecule has 1 aromatic heterocycles. The molecule has 0 aliphatic carbocycles. The minimum Gasteiger partial charge on any atom is -0.546 e. The zero-order valence-electron chi connectivity index (χ0n) is 12.1. The van der Waals surface area contributed by atoms with Gasteiger partial charge in [0.25, 0.3) is 0 Å². The van der Waals surface area contributed by atoms with Gasteiger partial charge in [-0.05, 0) is 24.3 Å². The fraction of sp³-hybridized carbons (Fsp3) is 0.133. The molecule has 0 aliphatic heterocycles. The van der Waals surface area contributed by atoms with E-state index in [9.17, 15) is 23.1 Å². The van der Waals surface area contributed by atoms with Gasteiger partial charge < -0.3 is 14.6 Å². The van der Waals surface area contributed by atoms with E-state index < -0.39 is 24.3 Å². The van der Waals surface area contributed by atoms with E-state index in [1.54, 1.807) is 24.3 Å². The summed E-state index contributed by atoms with van der Waals surface area (Å²) in [5, 5.41) is 14.2. The summed E-state index contributed by atoms with van der Waals surface area (Å²) in [5.74, 6) is -0.978. The van der Waals surface area contributed by atoms with Crippen molar-refractivity contribution in [3.63, 3.8) is 0 Å². The number of hydrazone groups is 1. The first-order valence-electron chi connectivity index (χ1n) is 6.60. The number of carboxylic acids is 1. The van der Waals surface area contributed by atoms with E-state index in [1.807, 2.05) is 0 Å². The zero-order valence-corrected chi connectivity index (χ0v) is 12.1. The van der Waals surface area contributed by atoms with Crippen LogP contribution in [0.5, 0.6) is 5.75 Å². The number of carbonyl (C=O) groups excluding carboxylic acids is 1. The molecule has 1 aromatic carbocycles. The van der Waals surface area contributed by atoms with Crippen molar-refractivity contribution in [3.05, 3.63) is 53.7 Å². The predicted molar refractivity (Wildman–Crippen MR) is 77.4 cm³/mol. The maximum absolute atomic E-state index is 12.4. The van der Waals surface area contributed by atoms with Crippen molar-refractivity contribution < 1.29 is 27.8 Å². The van der Waals surface area contributed by atoms with Crippen molar-refractivity contribution in [2.45, 2.75) is 6.18 Å². The second-order valence-electron chi connectivity index (χ2n) is 4.50. The summed E-state index contributed by atoms with van der Waals surface area (Å²) in [6, 6.07) is 8.51. The third kappa shape index (κ3) is 4.97. The van der Waals surface area contributed by atoms with Gasteiger partial charge in [-0.25, -0.2) is 4.98 Å². The molecule has 0 unspecified atom stereocenters. The molecule has 0 spiro atoms. The van der Waals surface area contributed by atoms with Crippen molar-refractivity contribution in [3.8, 4) is 5.75 Å². The molecular weight excluding hydrogens is 327 g/mol. The molecule has 2 rings (SSSR count). The quantitative estimate of drug-likeness (QED) is 0.640. The summed E-state index contributed by atoms with van der Waals surface area (Å²) in [6.45, 7) is -0.612. The molecule has 0 saturated carbocycles. The first kappa shape index (κ1) is 17.3. The summed E-state index contributed by atoms with van der Waals surface area (Å²) < 4.78 is 42.3. The number of rotatable bonds is 6. The van der Waals surface area contributed by atoms with Gasteiger partial charge in [0.15, 0.2) is 0 Å². The number of benzene rings is 1. The van der Waals surface area contributed by atoms with Crippen molar-refractivity contribution in [1.82, 2.24) is 4.98 Å². The number of carboxylic acid groups (broad SMARTS) is 1. The van der Waals surface area contributed by atoms with Crippen LogP contribution in [0.15, 0.2) is 47.7 Å². The molecule has 0 atom stereocenters. The van der Waals surface area contributed by atoms with Gasteiger partial charge in [0.1, 0.15) is 18.2 Å². The Hall–Kier alpha value is -3.10. The molecule has 6 nitrogen and oxygen atoms in total. The number of anilines is 1. The molecule has 0 aliphatic rings. The Morgan fingerprint density at radius 2 is 2.04 bits per heavy atom. The van der Waals surface area contributed by atoms with E-state index in [-0.39, 0.29) is 11.6 Å². The molecule has 126 valence electrons. The van der Waals surface area contributed by atoms with Gasteiger partial charge in [-0.15, -0.1) is 0 Å². The van der Waals surface area contributed by atoms with Crippen molar-refractivity contribution >= 4 is 18.0 Å². The topological polar surface area (TPSA) is 86.6 Å². The zero-order chi connectivity index (χ0) is 17.6. The van der Waals surface area contributed by atoms with Crippen LogP contribution in [0.1, 0.15) is 11.1 Å². The van der Waals surface area contributed by atoms with Crippen LogP contribution < -0.4 is 15.3 Å². The van der Waals surface area contributed by atoms with Crippen LogP contribution in [0.3, 0.4) is 0 Å². The number of carbonyl (C=O) groups is 1. The Kier molecular flexibility index (Phi) is 5.35. The van der Waals surface area contributed by atoms with E-state index in [0.29, 0.717) is 11.8 Å². The summed E-state index contributed by atoms with van der Waals surface area (Å²) in [4.78, 5) is 14.0. The Labute approximate surface area is 134 Å². The molecule has 0 amide bonds. The van der Waals surface area contributed by atoms with Gasteiger partial charge in [0.05, 0.1) is 17.7 Å². The molecule has 0 radical (unpaired) electrons. The number of alkyl halides is 3. The molecular formula is C15H11F3N3O3-. The number of nitrogens with one attached hydrogen (secondary N) is 1. The van der Waals surface area contributed by atoms with Crippen LogP contribution in [-0.2, 0) is 11.0 Å². The second kappa shape index (κ2) is 7.44. The third-order valence-corrected chi connectivity index (χ3v) is 2.74. The standard InChI is InChI=1S/C15H12F3N3O3/c16-15(17,18)11-5-6-13(19-8-11)21-20-7-10-3-1-2-4-12(10)24-9-14(22)23/h1-8H,9H2,(H,19,21)(H,22,23)/p-1/b20-7-. The van der Waals surface area contributed by atoms with Gasteiger partial charge >= 0.3 is 6.18 Å². The number of ether oxygens (including phenoxy) is 1. The number of hydrogen-bond donors (Lipinski definition) is 1. The Morgan fingerprint density at radius 3 is 2.67 bits per heavy atom. The molecule has 2 aromatic rings. The van der Waals surface area contributed by atoms with Crippen LogP contribution in [0.2, 0.25) is 0 Å². The predicted octanol–water partition coefficient (Wildman–Crippen LogP) is 1.68. The van der Waals surface area contributed by atoms with Crippen molar-refractivity contribution in [1.29, 1.82) is 0 Å². The van der Waals surface area contributed by atoms with Gasteiger partial charge in [-0.1, -0.05) is 12.1 Å². The van der Waals surface area contributed by atoms with Gasteiger partial charge in [-0.3, -0.25) is 5.43 Å². The molecule has 9 heteroatoms. The number of halogens is 3. The van der Waals surface area contributed by atoms with Gasteiger partial charge in [0, 0.05) is 11.8 Å². The summed E-state index contributed by atoms with van der Waals surface area (Å²) >= 11 is 0. The van der Waals surface area contributed by atoms with Crippen LogP contribution in [0, 0.1) is 0 Å². The number of aromatic nitrogens is 1. The highest BCUT2D eigenvalue weighted by molar-refractivity contribution is 5.84. The van der Waals surface area contributed by atoms with Crippen LogP contribution in [0.25, 0.3) is 0 Å². The lowest BCUT2D eigenvalue weighted by Crippen LogP contribution is -2.29. The van der Waals surface area contributed by atoms with E-state index in [2.05, 4.69) is 15.5 Å². The first-order valence-corrected chi connectivity index (χ1v) is 6.60. The number of para-hydroxylation sites is 1. The van der Waals surface area contributed by atoms with Gasteiger partial charge in [-0.2, -0.15) is 18.3 Å². The minimum atomic E-state index is -4.45. The lowest BCUT2D eigenvalue weighted by Gasteiger charge is -2.09. The number of hydrogen-bond acceptors (Lipinski definition) is 6. The van der Waals surface area contributed by atoms with E-state index >= 15 is 0 Å². The molecule has 0 saturated heterocycles. The smallest absolute Gasteiger partial charge is 0.417 e. The third-order valence-electron chi connectivity index (χ3n) is 2.74. The largest absolute Gasteiger partial charge is 0.546 e. The monoisotopic (exact) mass is 338 g/mol. The maximum atomic E-state index is 12.4. The Morgan fingerprint density at radius 1 is 1.29 bits per heavy atom. The number of aliphatic carboxylic acids is 1. The summed E-state index contributed by atoms with van der Waals surface area (Å²) in [7, 11) is 0. The van der Waals surface area contributed by atoms with Crippen molar-refractivity contribution in [2.24, 2.45) is 5.10 Å². The highest BCUT2D eigenvalue weighted by Crippen LogP contribution is 2.28.